The molecule has 3 atom stereocenters. The lowest BCUT2D eigenvalue weighted by Gasteiger charge is -2.50. The van der Waals surface area contributed by atoms with Crippen molar-refractivity contribution < 1.29 is 0 Å². The summed E-state index contributed by atoms with van der Waals surface area (Å²) in [5.74, 6) is 0. The highest BCUT2D eigenvalue weighted by molar-refractivity contribution is 5.20. The topological polar surface area (TPSA) is 15.3 Å². The SMILES string of the molecule is CCC(C)N1CC(c2ccccc2)NCC1(C)CC. The summed E-state index contributed by atoms with van der Waals surface area (Å²) in [6, 6.07) is 12.0. The maximum absolute atomic E-state index is 3.74. The van der Waals surface area contributed by atoms with Crippen molar-refractivity contribution in [2.45, 2.75) is 58.2 Å². The fourth-order valence-electron chi connectivity index (χ4n) is 3.10. The van der Waals surface area contributed by atoms with E-state index in [-0.39, 0.29) is 0 Å². The standard InChI is InChI=1S/C17H28N2/c1-5-14(3)19-12-16(15-10-8-7-9-11-15)18-13-17(19,4)6-2/h7-11,14,16,18H,5-6,12-13H2,1-4H3. The average Bonchev–Trinajstić information content (AvgIpc) is 2.48. The van der Waals surface area contributed by atoms with Gasteiger partial charge in [0.05, 0.1) is 0 Å². The molecule has 1 aliphatic rings. The molecular formula is C17H28N2. The molecule has 0 radical (unpaired) electrons. The monoisotopic (exact) mass is 260 g/mol. The van der Waals surface area contributed by atoms with Gasteiger partial charge in [-0.25, -0.2) is 0 Å². The van der Waals surface area contributed by atoms with Gasteiger partial charge in [-0.3, -0.25) is 4.90 Å². The highest BCUT2D eigenvalue weighted by atomic mass is 15.3. The van der Waals surface area contributed by atoms with Crippen LogP contribution >= 0.6 is 0 Å². The molecule has 0 bridgehead atoms. The highest BCUT2D eigenvalue weighted by Crippen LogP contribution is 2.30. The second-order valence-corrected chi connectivity index (χ2v) is 6.10. The summed E-state index contributed by atoms with van der Waals surface area (Å²) in [7, 11) is 0. The smallest absolute Gasteiger partial charge is 0.0450 e. The maximum Gasteiger partial charge on any atom is 0.0450 e. The second-order valence-electron chi connectivity index (χ2n) is 6.10. The van der Waals surface area contributed by atoms with E-state index in [0.29, 0.717) is 17.6 Å². The zero-order chi connectivity index (χ0) is 13.9. The van der Waals surface area contributed by atoms with Gasteiger partial charge in [-0.05, 0) is 32.3 Å². The lowest BCUT2D eigenvalue weighted by molar-refractivity contribution is 0.0144. The zero-order valence-corrected chi connectivity index (χ0v) is 12.8. The van der Waals surface area contributed by atoms with E-state index in [9.17, 15) is 0 Å². The van der Waals surface area contributed by atoms with E-state index in [1.807, 2.05) is 0 Å². The van der Waals surface area contributed by atoms with Crippen LogP contribution in [0.1, 0.15) is 52.1 Å². The fraction of sp³-hybridized carbons (Fsp3) is 0.647. The molecule has 3 unspecified atom stereocenters. The van der Waals surface area contributed by atoms with Gasteiger partial charge < -0.3 is 5.32 Å². The molecule has 19 heavy (non-hydrogen) atoms. The minimum Gasteiger partial charge on any atom is -0.307 e. The summed E-state index contributed by atoms with van der Waals surface area (Å²) in [5, 5.41) is 3.74. The van der Waals surface area contributed by atoms with E-state index < -0.39 is 0 Å². The Bertz CT molecular complexity index is 390. The molecule has 1 aliphatic heterocycles. The molecule has 106 valence electrons. The number of piperazine rings is 1. The third-order valence-electron chi connectivity index (χ3n) is 4.89. The molecule has 0 aliphatic carbocycles. The number of benzene rings is 1. The minimum atomic E-state index is 0.292. The Morgan fingerprint density at radius 3 is 2.58 bits per heavy atom. The molecule has 0 amide bonds. The molecule has 2 nitrogen and oxygen atoms in total. The van der Waals surface area contributed by atoms with E-state index in [1.165, 1.54) is 18.4 Å². The molecule has 0 spiro atoms. The lowest BCUT2D eigenvalue weighted by Crippen LogP contribution is -2.62. The Hall–Kier alpha value is -0.860. The third kappa shape index (κ3) is 3.01. The van der Waals surface area contributed by atoms with E-state index in [2.05, 4.69) is 68.2 Å². The first-order valence-corrected chi connectivity index (χ1v) is 7.65. The first-order valence-electron chi connectivity index (χ1n) is 7.65. The normalized spacial score (nSPS) is 30.2. The fourth-order valence-corrected chi connectivity index (χ4v) is 3.10. The number of hydrogen-bond acceptors (Lipinski definition) is 2. The van der Waals surface area contributed by atoms with Crippen molar-refractivity contribution in [3.63, 3.8) is 0 Å². The van der Waals surface area contributed by atoms with Crippen molar-refractivity contribution >= 4 is 0 Å². The first-order chi connectivity index (χ1) is 9.10. The van der Waals surface area contributed by atoms with Crippen LogP contribution in [0, 0.1) is 0 Å². The molecule has 1 aromatic carbocycles. The van der Waals surface area contributed by atoms with E-state index in [1.54, 1.807) is 0 Å². The number of nitrogens with zero attached hydrogens (tertiary/aromatic N) is 1. The molecule has 2 heteroatoms. The Morgan fingerprint density at radius 1 is 1.32 bits per heavy atom. The first kappa shape index (κ1) is 14.5. The van der Waals surface area contributed by atoms with Crippen LogP contribution in [0.3, 0.4) is 0 Å². The van der Waals surface area contributed by atoms with Crippen molar-refractivity contribution in [3.8, 4) is 0 Å². The van der Waals surface area contributed by atoms with E-state index >= 15 is 0 Å². The van der Waals surface area contributed by atoms with Gasteiger partial charge in [-0.15, -0.1) is 0 Å². The summed E-state index contributed by atoms with van der Waals surface area (Å²) < 4.78 is 0. The average molecular weight is 260 g/mol. The molecule has 1 heterocycles. The number of nitrogens with one attached hydrogen (secondary N) is 1. The van der Waals surface area contributed by atoms with Crippen LogP contribution in [0.25, 0.3) is 0 Å². The highest BCUT2D eigenvalue weighted by Gasteiger charge is 2.38. The van der Waals surface area contributed by atoms with Gasteiger partial charge >= 0.3 is 0 Å². The predicted octanol–water partition coefficient (Wildman–Crippen LogP) is 3.60. The minimum absolute atomic E-state index is 0.292. The van der Waals surface area contributed by atoms with Gasteiger partial charge in [0.1, 0.15) is 0 Å². The molecule has 1 fully saturated rings. The van der Waals surface area contributed by atoms with E-state index in [0.717, 1.165) is 13.1 Å². The Kier molecular flexibility index (Phi) is 4.64. The van der Waals surface area contributed by atoms with Gasteiger partial charge in [-0.1, -0.05) is 44.2 Å². The van der Waals surface area contributed by atoms with Gasteiger partial charge in [-0.2, -0.15) is 0 Å². The maximum atomic E-state index is 3.74. The largest absolute Gasteiger partial charge is 0.307 e. The summed E-state index contributed by atoms with van der Waals surface area (Å²) in [6.45, 7) is 11.5. The molecular weight excluding hydrogens is 232 g/mol. The van der Waals surface area contributed by atoms with Crippen LogP contribution in [-0.2, 0) is 0 Å². The van der Waals surface area contributed by atoms with Crippen LogP contribution in [0.4, 0.5) is 0 Å². The van der Waals surface area contributed by atoms with Gasteiger partial charge in [0, 0.05) is 30.7 Å². The molecule has 2 rings (SSSR count). The molecule has 0 aromatic heterocycles. The second kappa shape index (κ2) is 6.06. The number of rotatable bonds is 4. The zero-order valence-electron chi connectivity index (χ0n) is 12.8. The molecule has 0 saturated carbocycles. The summed E-state index contributed by atoms with van der Waals surface area (Å²) >= 11 is 0. The Labute approximate surface area is 118 Å². The Morgan fingerprint density at radius 2 is 2.00 bits per heavy atom. The van der Waals surface area contributed by atoms with Crippen molar-refractivity contribution in [3.05, 3.63) is 35.9 Å². The van der Waals surface area contributed by atoms with Crippen LogP contribution in [-0.4, -0.2) is 29.6 Å². The van der Waals surface area contributed by atoms with Crippen molar-refractivity contribution in [2.24, 2.45) is 0 Å². The summed E-state index contributed by atoms with van der Waals surface area (Å²) in [6.07, 6.45) is 2.42. The van der Waals surface area contributed by atoms with Gasteiger partial charge in [0.2, 0.25) is 0 Å². The quantitative estimate of drug-likeness (QED) is 0.890. The predicted molar refractivity (Wildman–Crippen MR) is 82.3 cm³/mol. The van der Waals surface area contributed by atoms with E-state index in [4.69, 9.17) is 0 Å². The van der Waals surface area contributed by atoms with Crippen LogP contribution in [0.2, 0.25) is 0 Å². The molecule has 1 saturated heterocycles. The molecule has 1 N–H and O–H groups in total. The molecule has 1 aromatic rings. The van der Waals surface area contributed by atoms with Crippen LogP contribution < -0.4 is 5.32 Å². The van der Waals surface area contributed by atoms with Crippen molar-refractivity contribution in [2.75, 3.05) is 13.1 Å². The lowest BCUT2D eigenvalue weighted by atomic mass is 9.88. The van der Waals surface area contributed by atoms with Crippen molar-refractivity contribution in [1.82, 2.24) is 10.2 Å². The van der Waals surface area contributed by atoms with Gasteiger partial charge in [0.15, 0.2) is 0 Å². The van der Waals surface area contributed by atoms with Crippen LogP contribution in [0.5, 0.6) is 0 Å². The Balaban J connectivity index is 2.17. The summed E-state index contributed by atoms with van der Waals surface area (Å²) in [4.78, 5) is 2.71. The number of hydrogen-bond donors (Lipinski definition) is 1. The summed E-state index contributed by atoms with van der Waals surface area (Å²) in [5.41, 5.74) is 1.70. The van der Waals surface area contributed by atoms with Crippen LogP contribution in [0.15, 0.2) is 30.3 Å². The van der Waals surface area contributed by atoms with Crippen molar-refractivity contribution in [1.29, 1.82) is 0 Å². The van der Waals surface area contributed by atoms with Gasteiger partial charge in [0.25, 0.3) is 0 Å². The third-order valence-corrected chi connectivity index (χ3v) is 4.89.